The number of aryl methyl sites for hydroxylation is 1. The van der Waals surface area contributed by atoms with Crippen molar-refractivity contribution in [2.24, 2.45) is 0 Å². The summed E-state index contributed by atoms with van der Waals surface area (Å²) in [5, 5.41) is 6.30. The maximum absolute atomic E-state index is 12.4. The number of nitrogens with one attached hydrogen (secondary N) is 2. The van der Waals surface area contributed by atoms with E-state index in [0.29, 0.717) is 5.56 Å². The molecule has 0 unspecified atom stereocenters. The summed E-state index contributed by atoms with van der Waals surface area (Å²) in [4.78, 5) is 14.7. The highest BCUT2D eigenvalue weighted by Crippen LogP contribution is 2.18. The Morgan fingerprint density at radius 1 is 1.09 bits per heavy atom. The SMILES string of the molecule is Cc1cccc(NC(=O)c2cccc(N3CCNCC3)c2)c1. The van der Waals surface area contributed by atoms with Gasteiger partial charge in [-0.15, -0.1) is 0 Å². The second-order valence-electron chi connectivity index (χ2n) is 5.61. The molecule has 2 N–H and O–H groups in total. The number of carbonyl (C=O) groups is 1. The topological polar surface area (TPSA) is 44.4 Å². The van der Waals surface area contributed by atoms with Gasteiger partial charge in [0.25, 0.3) is 5.91 Å². The highest BCUT2D eigenvalue weighted by Gasteiger charge is 2.13. The molecule has 1 aliphatic heterocycles. The van der Waals surface area contributed by atoms with Gasteiger partial charge in [-0.3, -0.25) is 4.79 Å². The minimum Gasteiger partial charge on any atom is -0.369 e. The largest absolute Gasteiger partial charge is 0.369 e. The quantitative estimate of drug-likeness (QED) is 0.915. The van der Waals surface area contributed by atoms with Gasteiger partial charge in [0.05, 0.1) is 0 Å². The van der Waals surface area contributed by atoms with E-state index in [1.165, 1.54) is 0 Å². The molecular weight excluding hydrogens is 274 g/mol. The zero-order chi connectivity index (χ0) is 15.4. The summed E-state index contributed by atoms with van der Waals surface area (Å²) in [7, 11) is 0. The number of anilines is 2. The fourth-order valence-corrected chi connectivity index (χ4v) is 2.69. The van der Waals surface area contributed by atoms with Crippen LogP contribution in [0.1, 0.15) is 15.9 Å². The molecule has 0 radical (unpaired) electrons. The molecule has 1 saturated heterocycles. The van der Waals surface area contributed by atoms with Crippen LogP contribution in [0.2, 0.25) is 0 Å². The van der Waals surface area contributed by atoms with E-state index < -0.39 is 0 Å². The number of rotatable bonds is 3. The Bertz CT molecular complexity index is 663. The van der Waals surface area contributed by atoms with E-state index >= 15 is 0 Å². The van der Waals surface area contributed by atoms with E-state index in [2.05, 4.69) is 21.6 Å². The molecule has 1 amide bonds. The van der Waals surface area contributed by atoms with E-state index in [1.54, 1.807) is 0 Å². The van der Waals surface area contributed by atoms with Crippen LogP contribution in [-0.2, 0) is 0 Å². The van der Waals surface area contributed by atoms with Crippen LogP contribution in [0.4, 0.5) is 11.4 Å². The second kappa shape index (κ2) is 6.62. The lowest BCUT2D eigenvalue weighted by atomic mass is 10.1. The average molecular weight is 295 g/mol. The summed E-state index contributed by atoms with van der Waals surface area (Å²) in [5.74, 6) is -0.0671. The fraction of sp³-hybridized carbons (Fsp3) is 0.278. The second-order valence-corrected chi connectivity index (χ2v) is 5.61. The summed E-state index contributed by atoms with van der Waals surface area (Å²) < 4.78 is 0. The van der Waals surface area contributed by atoms with Crippen LogP contribution < -0.4 is 15.5 Å². The van der Waals surface area contributed by atoms with Crippen LogP contribution in [0, 0.1) is 6.92 Å². The van der Waals surface area contributed by atoms with Crippen molar-refractivity contribution in [3.05, 3.63) is 59.7 Å². The van der Waals surface area contributed by atoms with Gasteiger partial charge in [-0.25, -0.2) is 0 Å². The molecule has 0 aromatic heterocycles. The molecule has 22 heavy (non-hydrogen) atoms. The molecule has 0 atom stereocenters. The molecular formula is C18H21N3O. The lowest BCUT2D eigenvalue weighted by Gasteiger charge is -2.29. The van der Waals surface area contributed by atoms with Gasteiger partial charge < -0.3 is 15.5 Å². The summed E-state index contributed by atoms with van der Waals surface area (Å²) in [6.07, 6.45) is 0. The van der Waals surface area contributed by atoms with Crippen molar-refractivity contribution < 1.29 is 4.79 Å². The lowest BCUT2D eigenvalue weighted by molar-refractivity contribution is 0.102. The van der Waals surface area contributed by atoms with Crippen LogP contribution in [0.5, 0.6) is 0 Å². The number of carbonyl (C=O) groups excluding carboxylic acids is 1. The molecule has 2 aromatic rings. The monoisotopic (exact) mass is 295 g/mol. The number of nitrogens with zero attached hydrogens (tertiary/aromatic N) is 1. The van der Waals surface area contributed by atoms with Crippen LogP contribution in [0.15, 0.2) is 48.5 Å². The number of piperazine rings is 1. The Kier molecular flexibility index (Phi) is 4.39. The number of benzene rings is 2. The van der Waals surface area contributed by atoms with Crippen molar-refractivity contribution in [1.29, 1.82) is 0 Å². The molecule has 0 bridgehead atoms. The molecule has 1 fully saturated rings. The van der Waals surface area contributed by atoms with Gasteiger partial charge in [-0.2, -0.15) is 0 Å². The Hall–Kier alpha value is -2.33. The van der Waals surface area contributed by atoms with E-state index in [4.69, 9.17) is 0 Å². The third-order valence-electron chi connectivity index (χ3n) is 3.87. The minimum absolute atomic E-state index is 0.0671. The summed E-state index contributed by atoms with van der Waals surface area (Å²) in [5.41, 5.74) is 3.76. The van der Waals surface area contributed by atoms with Gasteiger partial charge in [-0.05, 0) is 42.8 Å². The first-order valence-electron chi connectivity index (χ1n) is 7.66. The van der Waals surface area contributed by atoms with E-state index in [9.17, 15) is 4.79 Å². The van der Waals surface area contributed by atoms with E-state index in [-0.39, 0.29) is 5.91 Å². The highest BCUT2D eigenvalue weighted by molar-refractivity contribution is 6.04. The maximum Gasteiger partial charge on any atom is 0.255 e. The standard InChI is InChI=1S/C18H21N3O/c1-14-4-2-6-16(12-14)20-18(22)15-5-3-7-17(13-15)21-10-8-19-9-11-21/h2-7,12-13,19H,8-11H2,1H3,(H,20,22). The number of amides is 1. The third-order valence-corrected chi connectivity index (χ3v) is 3.87. The molecule has 2 aromatic carbocycles. The maximum atomic E-state index is 12.4. The van der Waals surface area contributed by atoms with E-state index in [0.717, 1.165) is 43.1 Å². The van der Waals surface area contributed by atoms with Crippen LogP contribution in [-0.4, -0.2) is 32.1 Å². The van der Waals surface area contributed by atoms with Crippen LogP contribution >= 0.6 is 0 Å². The third kappa shape index (κ3) is 3.46. The Labute approximate surface area is 131 Å². The fourth-order valence-electron chi connectivity index (χ4n) is 2.69. The minimum atomic E-state index is -0.0671. The molecule has 3 rings (SSSR count). The number of hydrogen-bond donors (Lipinski definition) is 2. The van der Waals surface area contributed by atoms with Gasteiger partial charge in [0.15, 0.2) is 0 Å². The molecule has 0 spiro atoms. The van der Waals surface area contributed by atoms with Gasteiger partial charge in [-0.1, -0.05) is 18.2 Å². The highest BCUT2D eigenvalue weighted by atomic mass is 16.1. The molecule has 4 nitrogen and oxygen atoms in total. The summed E-state index contributed by atoms with van der Waals surface area (Å²) in [6, 6.07) is 15.7. The molecule has 0 aliphatic carbocycles. The summed E-state index contributed by atoms with van der Waals surface area (Å²) >= 11 is 0. The first-order chi connectivity index (χ1) is 10.7. The Morgan fingerprint density at radius 2 is 1.86 bits per heavy atom. The molecule has 4 heteroatoms. The predicted octanol–water partition coefficient (Wildman–Crippen LogP) is 2.66. The van der Waals surface area contributed by atoms with Gasteiger partial charge in [0.1, 0.15) is 0 Å². The smallest absolute Gasteiger partial charge is 0.255 e. The normalized spacial score (nSPS) is 14.7. The van der Waals surface area contributed by atoms with Crippen molar-refractivity contribution in [2.75, 3.05) is 36.4 Å². The molecule has 1 aliphatic rings. The van der Waals surface area contributed by atoms with Gasteiger partial charge in [0, 0.05) is 43.1 Å². The molecule has 114 valence electrons. The molecule has 0 saturated carbocycles. The Balaban J connectivity index is 1.75. The predicted molar refractivity (Wildman–Crippen MR) is 90.7 cm³/mol. The lowest BCUT2D eigenvalue weighted by Crippen LogP contribution is -2.43. The van der Waals surface area contributed by atoms with Crippen molar-refractivity contribution in [3.63, 3.8) is 0 Å². The van der Waals surface area contributed by atoms with Gasteiger partial charge in [0.2, 0.25) is 0 Å². The first-order valence-corrected chi connectivity index (χ1v) is 7.66. The van der Waals surface area contributed by atoms with Gasteiger partial charge >= 0.3 is 0 Å². The zero-order valence-corrected chi connectivity index (χ0v) is 12.8. The van der Waals surface area contributed by atoms with Crippen molar-refractivity contribution in [2.45, 2.75) is 6.92 Å². The summed E-state index contributed by atoms with van der Waals surface area (Å²) in [6.45, 7) is 5.94. The average Bonchev–Trinajstić information content (AvgIpc) is 2.56. The first kappa shape index (κ1) is 14.6. The van der Waals surface area contributed by atoms with Crippen LogP contribution in [0.3, 0.4) is 0 Å². The molecule has 1 heterocycles. The number of hydrogen-bond acceptors (Lipinski definition) is 3. The van der Waals surface area contributed by atoms with E-state index in [1.807, 2.05) is 49.4 Å². The van der Waals surface area contributed by atoms with Crippen LogP contribution in [0.25, 0.3) is 0 Å². The van der Waals surface area contributed by atoms with Crippen molar-refractivity contribution in [3.8, 4) is 0 Å². The van der Waals surface area contributed by atoms with Crippen molar-refractivity contribution in [1.82, 2.24) is 5.32 Å². The van der Waals surface area contributed by atoms with Crippen molar-refractivity contribution >= 4 is 17.3 Å². The zero-order valence-electron chi connectivity index (χ0n) is 12.8. The Morgan fingerprint density at radius 3 is 2.64 bits per heavy atom.